The molecule has 0 bridgehead atoms. The normalized spacial score (nSPS) is 14.4. The van der Waals surface area contributed by atoms with Gasteiger partial charge in [-0.05, 0) is 43.8 Å². The van der Waals surface area contributed by atoms with E-state index in [4.69, 9.17) is 12.2 Å². The zero-order chi connectivity index (χ0) is 18.0. The number of nitrogens with zero attached hydrogens (tertiary/aromatic N) is 1. The Morgan fingerprint density at radius 3 is 2.28 bits per heavy atom. The molecule has 1 aliphatic rings. The highest BCUT2D eigenvalue weighted by atomic mass is 32.1. The van der Waals surface area contributed by atoms with E-state index in [-0.39, 0.29) is 11.6 Å². The Balaban J connectivity index is 1.69. The minimum Gasteiger partial charge on any atom is -0.331 e. The highest BCUT2D eigenvalue weighted by Gasteiger charge is 2.40. The van der Waals surface area contributed by atoms with E-state index in [1.165, 1.54) is 0 Å². The first-order valence-corrected chi connectivity index (χ1v) is 8.23. The van der Waals surface area contributed by atoms with Gasteiger partial charge in [-0.25, -0.2) is 0 Å². The van der Waals surface area contributed by atoms with Gasteiger partial charge < -0.3 is 5.32 Å². The van der Waals surface area contributed by atoms with Crippen molar-refractivity contribution in [3.05, 3.63) is 65.2 Å². The number of hydrogen-bond acceptors (Lipinski definition) is 4. The van der Waals surface area contributed by atoms with Crippen molar-refractivity contribution in [1.29, 1.82) is 0 Å². The molecule has 2 N–H and O–H groups in total. The molecule has 6 heteroatoms. The molecule has 0 spiro atoms. The Morgan fingerprint density at radius 1 is 1.04 bits per heavy atom. The molecule has 5 nitrogen and oxygen atoms in total. The van der Waals surface area contributed by atoms with Crippen LogP contribution in [-0.2, 0) is 0 Å². The number of aryl methyl sites for hydroxylation is 1. The molecule has 0 heterocycles. The Kier molecular flexibility index (Phi) is 4.72. The minimum absolute atomic E-state index is 0.221. The summed E-state index contributed by atoms with van der Waals surface area (Å²) in [4.78, 5) is 24.9. The summed E-state index contributed by atoms with van der Waals surface area (Å²) in [6.45, 7) is 3.63. The summed E-state index contributed by atoms with van der Waals surface area (Å²) in [6.07, 6.45) is 0. The van der Waals surface area contributed by atoms with Crippen LogP contribution in [0.25, 0.3) is 0 Å². The van der Waals surface area contributed by atoms with E-state index in [0.29, 0.717) is 22.0 Å². The van der Waals surface area contributed by atoms with Crippen molar-refractivity contribution in [1.82, 2.24) is 5.43 Å². The maximum absolute atomic E-state index is 12.4. The topological polar surface area (TPSA) is 70.6 Å². The van der Waals surface area contributed by atoms with Crippen molar-refractivity contribution in [2.24, 2.45) is 11.0 Å². The van der Waals surface area contributed by atoms with E-state index in [0.717, 1.165) is 11.3 Å². The Bertz CT molecular complexity index is 870. The molecule has 0 fully saturated rings. The molecule has 0 unspecified atom stereocenters. The van der Waals surface area contributed by atoms with Crippen LogP contribution in [0.5, 0.6) is 0 Å². The summed E-state index contributed by atoms with van der Waals surface area (Å²) in [6, 6.07) is 14.6. The maximum atomic E-state index is 12.4. The van der Waals surface area contributed by atoms with Crippen LogP contribution >= 0.6 is 12.2 Å². The number of nitrogens with one attached hydrogen (secondary N) is 2. The summed E-state index contributed by atoms with van der Waals surface area (Å²) < 4.78 is 0. The molecule has 1 aliphatic carbocycles. The van der Waals surface area contributed by atoms with Crippen molar-refractivity contribution >= 4 is 40.3 Å². The predicted octanol–water partition coefficient (Wildman–Crippen LogP) is 3.35. The second-order valence-corrected chi connectivity index (χ2v) is 6.30. The van der Waals surface area contributed by atoms with Gasteiger partial charge in [0, 0.05) is 16.8 Å². The van der Waals surface area contributed by atoms with Crippen LogP contribution in [0, 0.1) is 12.8 Å². The van der Waals surface area contributed by atoms with Gasteiger partial charge in [-0.3, -0.25) is 15.0 Å². The average molecular weight is 351 g/mol. The summed E-state index contributed by atoms with van der Waals surface area (Å²) >= 11 is 5.20. The van der Waals surface area contributed by atoms with Crippen LogP contribution in [0.2, 0.25) is 0 Å². The third-order valence-electron chi connectivity index (χ3n) is 4.01. The molecule has 3 rings (SSSR count). The average Bonchev–Trinajstić information content (AvgIpc) is 2.84. The van der Waals surface area contributed by atoms with Gasteiger partial charge in [0.15, 0.2) is 16.7 Å². The highest BCUT2D eigenvalue weighted by Crippen LogP contribution is 2.27. The van der Waals surface area contributed by atoms with E-state index in [2.05, 4.69) is 15.8 Å². The number of carbonyl (C=O) groups is 2. The first kappa shape index (κ1) is 17.0. The molecule has 0 amide bonds. The fourth-order valence-electron chi connectivity index (χ4n) is 2.81. The molecular weight excluding hydrogens is 334 g/mol. The minimum atomic E-state index is -0.883. The third kappa shape index (κ3) is 3.49. The van der Waals surface area contributed by atoms with Gasteiger partial charge in [-0.1, -0.05) is 36.4 Å². The van der Waals surface area contributed by atoms with Gasteiger partial charge in [-0.15, -0.1) is 0 Å². The number of ketones is 2. The SMILES string of the molecule is C/C(=N\NC(=S)Nc1cccc(C)c1)C1C(=O)c2ccccc2C1=O. The predicted molar refractivity (Wildman–Crippen MR) is 102 cm³/mol. The first-order chi connectivity index (χ1) is 12.0. The van der Waals surface area contributed by atoms with Gasteiger partial charge >= 0.3 is 0 Å². The largest absolute Gasteiger partial charge is 0.331 e. The van der Waals surface area contributed by atoms with Crippen LogP contribution in [0.1, 0.15) is 33.2 Å². The van der Waals surface area contributed by atoms with E-state index in [1.54, 1.807) is 31.2 Å². The molecule has 0 aliphatic heterocycles. The van der Waals surface area contributed by atoms with E-state index in [9.17, 15) is 9.59 Å². The fourth-order valence-corrected chi connectivity index (χ4v) is 2.97. The molecule has 2 aromatic carbocycles. The smallest absolute Gasteiger partial charge is 0.191 e. The third-order valence-corrected chi connectivity index (χ3v) is 4.20. The van der Waals surface area contributed by atoms with Crippen LogP contribution in [0.3, 0.4) is 0 Å². The lowest BCUT2D eigenvalue weighted by Gasteiger charge is -2.10. The van der Waals surface area contributed by atoms with Crippen molar-refractivity contribution in [2.45, 2.75) is 13.8 Å². The van der Waals surface area contributed by atoms with Crippen molar-refractivity contribution in [2.75, 3.05) is 5.32 Å². The summed E-state index contributed by atoms with van der Waals surface area (Å²) in [5, 5.41) is 7.43. The molecule has 0 saturated heterocycles. The lowest BCUT2D eigenvalue weighted by atomic mass is 9.99. The summed E-state index contributed by atoms with van der Waals surface area (Å²) in [5.74, 6) is -1.32. The van der Waals surface area contributed by atoms with Crippen LogP contribution < -0.4 is 10.7 Å². The van der Waals surface area contributed by atoms with Gasteiger partial charge in [0.05, 0.1) is 5.71 Å². The molecule has 126 valence electrons. The summed E-state index contributed by atoms with van der Waals surface area (Å²) in [7, 11) is 0. The molecule has 0 aromatic heterocycles. The zero-order valence-electron chi connectivity index (χ0n) is 13.9. The number of thiocarbonyl (C=S) groups is 1. The first-order valence-electron chi connectivity index (χ1n) is 7.82. The molecule has 2 aromatic rings. The van der Waals surface area contributed by atoms with Crippen molar-refractivity contribution in [3.8, 4) is 0 Å². The quantitative estimate of drug-likeness (QED) is 0.384. The molecular formula is C19H17N3O2S. The van der Waals surface area contributed by atoms with E-state index < -0.39 is 5.92 Å². The Morgan fingerprint density at radius 2 is 1.68 bits per heavy atom. The molecule has 0 atom stereocenters. The molecule has 0 saturated carbocycles. The standard InChI is InChI=1S/C19H17N3O2S/c1-11-6-5-7-13(10-11)20-19(25)22-21-12(2)16-17(23)14-8-3-4-9-15(14)18(16)24/h3-10,16H,1-2H3,(H2,20,22,25)/b21-12+. The second kappa shape index (κ2) is 6.94. The highest BCUT2D eigenvalue weighted by molar-refractivity contribution is 7.80. The number of rotatable bonds is 3. The molecule has 25 heavy (non-hydrogen) atoms. The number of carbonyl (C=O) groups excluding carboxylic acids is 2. The summed E-state index contributed by atoms with van der Waals surface area (Å²) in [5.41, 5.74) is 5.93. The van der Waals surface area contributed by atoms with Crippen molar-refractivity contribution in [3.63, 3.8) is 0 Å². The number of anilines is 1. The van der Waals surface area contributed by atoms with Gasteiger partial charge in [-0.2, -0.15) is 5.10 Å². The monoisotopic (exact) mass is 351 g/mol. The second-order valence-electron chi connectivity index (χ2n) is 5.90. The molecule has 0 radical (unpaired) electrons. The lowest BCUT2D eigenvalue weighted by Crippen LogP contribution is -2.29. The Labute approximate surface area is 151 Å². The van der Waals surface area contributed by atoms with Crippen LogP contribution in [0.15, 0.2) is 53.6 Å². The van der Waals surface area contributed by atoms with E-state index >= 15 is 0 Å². The van der Waals surface area contributed by atoms with Gasteiger partial charge in [0.2, 0.25) is 0 Å². The van der Waals surface area contributed by atoms with E-state index in [1.807, 2.05) is 31.2 Å². The lowest BCUT2D eigenvalue weighted by molar-refractivity contribution is 0.0883. The number of benzene rings is 2. The Hall–Kier alpha value is -2.86. The van der Waals surface area contributed by atoms with Gasteiger partial charge in [0.25, 0.3) is 0 Å². The van der Waals surface area contributed by atoms with Crippen LogP contribution in [-0.4, -0.2) is 22.4 Å². The number of Topliss-reactive ketones (excluding diaryl/α,β-unsaturated/α-hetero) is 2. The zero-order valence-corrected chi connectivity index (χ0v) is 14.7. The number of fused-ring (bicyclic) bond motifs is 1. The van der Waals surface area contributed by atoms with Gasteiger partial charge in [0.1, 0.15) is 5.92 Å². The fraction of sp³-hybridized carbons (Fsp3) is 0.158. The maximum Gasteiger partial charge on any atom is 0.191 e. The van der Waals surface area contributed by atoms with Crippen molar-refractivity contribution < 1.29 is 9.59 Å². The van der Waals surface area contributed by atoms with Crippen LogP contribution in [0.4, 0.5) is 5.69 Å². The number of hydrazone groups is 1. The number of hydrogen-bond donors (Lipinski definition) is 2.